The number of nitrogens with zero attached hydrogens (tertiary/aromatic N) is 4. The molecule has 176 valence electrons. The first kappa shape index (κ1) is 22.8. The minimum atomic E-state index is -0.306. The molecule has 3 aromatic heterocycles. The van der Waals surface area contributed by atoms with Gasteiger partial charge in [0.25, 0.3) is 5.56 Å². The van der Waals surface area contributed by atoms with Crippen LogP contribution in [0.1, 0.15) is 55.4 Å². The number of hydrogen-bond donors (Lipinski definition) is 1. The zero-order valence-electron chi connectivity index (χ0n) is 19.0. The van der Waals surface area contributed by atoms with Crippen LogP contribution in [0, 0.1) is 0 Å². The third-order valence-corrected chi connectivity index (χ3v) is 7.86. The Hall–Kier alpha value is -2.98. The topological polar surface area (TPSA) is 103 Å². The Bertz CT molecular complexity index is 1390. The summed E-state index contributed by atoms with van der Waals surface area (Å²) in [7, 11) is 0. The van der Waals surface area contributed by atoms with Crippen molar-refractivity contribution in [1.82, 2.24) is 19.7 Å². The average molecular weight is 496 g/mol. The maximum Gasteiger partial charge on any atom is 0.322 e. The summed E-state index contributed by atoms with van der Waals surface area (Å²) in [5.74, 6) is 0.282. The fourth-order valence-electron chi connectivity index (χ4n) is 4.07. The van der Waals surface area contributed by atoms with E-state index in [1.807, 2.05) is 44.2 Å². The molecule has 0 atom stereocenters. The summed E-state index contributed by atoms with van der Waals surface area (Å²) in [4.78, 5) is 33.3. The minimum Gasteiger partial charge on any atom is -0.408 e. The van der Waals surface area contributed by atoms with E-state index in [1.165, 1.54) is 23.1 Å². The molecule has 1 aliphatic carbocycles. The van der Waals surface area contributed by atoms with Crippen molar-refractivity contribution >= 4 is 45.2 Å². The van der Waals surface area contributed by atoms with Gasteiger partial charge in [-0.1, -0.05) is 55.3 Å². The molecule has 8 nitrogen and oxygen atoms in total. The van der Waals surface area contributed by atoms with Crippen LogP contribution < -0.4 is 10.9 Å². The molecule has 1 N–H and O–H groups in total. The quantitative estimate of drug-likeness (QED) is 0.229. The third kappa shape index (κ3) is 4.52. The van der Waals surface area contributed by atoms with E-state index in [0.29, 0.717) is 11.0 Å². The van der Waals surface area contributed by atoms with Crippen LogP contribution in [0.15, 0.2) is 44.7 Å². The summed E-state index contributed by atoms with van der Waals surface area (Å²) in [5.41, 5.74) is 1.82. The highest BCUT2D eigenvalue weighted by Crippen LogP contribution is 2.34. The SMILES string of the molecule is CC(C)c1nnc(NC(=O)CSc2nc3sc4c(c3c(=O)n2-c2ccccc2)CCCCC4)o1. The lowest BCUT2D eigenvalue weighted by atomic mass is 10.1. The Kier molecular flexibility index (Phi) is 6.51. The Labute approximate surface area is 204 Å². The second kappa shape index (κ2) is 9.71. The second-order valence-electron chi connectivity index (χ2n) is 8.55. The summed E-state index contributed by atoms with van der Waals surface area (Å²) in [5, 5.41) is 11.7. The molecule has 0 unspecified atom stereocenters. The Morgan fingerprint density at radius 3 is 2.74 bits per heavy atom. The van der Waals surface area contributed by atoms with Gasteiger partial charge in [0.15, 0.2) is 5.16 Å². The molecule has 0 aliphatic heterocycles. The summed E-state index contributed by atoms with van der Waals surface area (Å²) in [6.45, 7) is 3.87. The second-order valence-corrected chi connectivity index (χ2v) is 10.6. The van der Waals surface area contributed by atoms with Gasteiger partial charge in [-0.25, -0.2) is 4.98 Å². The maximum absolute atomic E-state index is 13.8. The number of anilines is 1. The highest BCUT2D eigenvalue weighted by Gasteiger charge is 2.23. The maximum atomic E-state index is 13.8. The number of thioether (sulfide) groups is 1. The fourth-order valence-corrected chi connectivity index (χ4v) is 6.18. The van der Waals surface area contributed by atoms with Crippen molar-refractivity contribution in [2.75, 3.05) is 11.1 Å². The summed E-state index contributed by atoms with van der Waals surface area (Å²) in [6, 6.07) is 9.53. The molecular formula is C24H25N5O3S2. The Balaban J connectivity index is 1.48. The molecule has 0 saturated heterocycles. The van der Waals surface area contributed by atoms with Gasteiger partial charge in [0.05, 0.1) is 16.8 Å². The molecule has 4 aromatic rings. The molecule has 34 heavy (non-hydrogen) atoms. The van der Waals surface area contributed by atoms with Gasteiger partial charge < -0.3 is 4.42 Å². The van der Waals surface area contributed by atoms with Gasteiger partial charge in [-0.2, -0.15) is 0 Å². The number of amides is 1. The number of nitrogens with one attached hydrogen (secondary N) is 1. The van der Waals surface area contributed by atoms with Crippen molar-refractivity contribution in [3.63, 3.8) is 0 Å². The van der Waals surface area contributed by atoms with Gasteiger partial charge >= 0.3 is 6.01 Å². The van der Waals surface area contributed by atoms with E-state index >= 15 is 0 Å². The first-order valence-electron chi connectivity index (χ1n) is 11.4. The van der Waals surface area contributed by atoms with Crippen LogP contribution >= 0.6 is 23.1 Å². The number of aromatic nitrogens is 4. The Morgan fingerprint density at radius 2 is 1.97 bits per heavy atom. The van der Waals surface area contributed by atoms with E-state index < -0.39 is 0 Å². The minimum absolute atomic E-state index is 0.0509. The summed E-state index contributed by atoms with van der Waals surface area (Å²) < 4.78 is 7.09. The van der Waals surface area contributed by atoms with Crippen LogP contribution in [0.2, 0.25) is 0 Å². The average Bonchev–Trinajstić information content (AvgIpc) is 3.36. The molecule has 1 amide bonds. The fraction of sp³-hybridized carbons (Fsp3) is 0.375. The van der Waals surface area contributed by atoms with E-state index in [1.54, 1.807) is 15.9 Å². The number of benzene rings is 1. The first-order chi connectivity index (χ1) is 16.5. The number of hydrogen-bond acceptors (Lipinski definition) is 8. The lowest BCUT2D eigenvalue weighted by Crippen LogP contribution is -2.23. The lowest BCUT2D eigenvalue weighted by molar-refractivity contribution is -0.113. The van der Waals surface area contributed by atoms with E-state index in [2.05, 4.69) is 15.5 Å². The molecule has 5 rings (SSSR count). The van der Waals surface area contributed by atoms with Crippen molar-refractivity contribution in [1.29, 1.82) is 0 Å². The summed E-state index contributed by atoms with van der Waals surface area (Å²) in [6.07, 6.45) is 5.33. The monoisotopic (exact) mass is 495 g/mol. The molecule has 0 bridgehead atoms. The highest BCUT2D eigenvalue weighted by atomic mass is 32.2. The highest BCUT2D eigenvalue weighted by molar-refractivity contribution is 7.99. The van der Waals surface area contributed by atoms with Gasteiger partial charge in [-0.05, 0) is 43.4 Å². The largest absolute Gasteiger partial charge is 0.408 e. The van der Waals surface area contributed by atoms with Crippen molar-refractivity contribution in [3.05, 3.63) is 57.0 Å². The standard InChI is InChI=1S/C24H25N5O3S2/c1-14(2)20-27-28-23(32-20)25-18(30)13-33-24-26-21-19(16-11-7-4-8-12-17(16)34-21)22(31)29(24)15-9-5-3-6-10-15/h3,5-6,9-10,14H,4,7-8,11-13H2,1-2H3,(H,25,28,30). The molecule has 1 aliphatic rings. The number of aryl methyl sites for hydroxylation is 2. The zero-order valence-corrected chi connectivity index (χ0v) is 20.7. The van der Waals surface area contributed by atoms with Crippen LogP contribution in [0.5, 0.6) is 0 Å². The van der Waals surface area contributed by atoms with Gasteiger partial charge in [0.1, 0.15) is 4.83 Å². The number of carbonyl (C=O) groups is 1. The zero-order chi connectivity index (χ0) is 23.7. The number of thiophene rings is 1. The van der Waals surface area contributed by atoms with Gasteiger partial charge in [0.2, 0.25) is 11.8 Å². The number of carbonyl (C=O) groups excluding carboxylic acids is 1. The van der Waals surface area contributed by atoms with E-state index in [0.717, 1.165) is 47.2 Å². The van der Waals surface area contributed by atoms with Crippen LogP contribution in [-0.2, 0) is 17.6 Å². The molecule has 3 heterocycles. The number of rotatable bonds is 6. The predicted octanol–water partition coefficient (Wildman–Crippen LogP) is 4.95. The van der Waals surface area contributed by atoms with Gasteiger partial charge in [-0.15, -0.1) is 16.4 Å². The van der Waals surface area contributed by atoms with E-state index in [-0.39, 0.29) is 29.2 Å². The third-order valence-electron chi connectivity index (χ3n) is 5.74. The molecule has 0 saturated carbocycles. The van der Waals surface area contributed by atoms with Crippen molar-refractivity contribution < 1.29 is 9.21 Å². The van der Waals surface area contributed by atoms with Crippen LogP contribution in [0.3, 0.4) is 0 Å². The molecule has 0 radical (unpaired) electrons. The number of para-hydroxylation sites is 1. The van der Waals surface area contributed by atoms with Crippen molar-refractivity contribution in [3.8, 4) is 5.69 Å². The molecule has 1 aromatic carbocycles. The Morgan fingerprint density at radius 1 is 1.18 bits per heavy atom. The van der Waals surface area contributed by atoms with Crippen molar-refractivity contribution in [2.45, 2.75) is 57.0 Å². The predicted molar refractivity (Wildman–Crippen MR) is 134 cm³/mol. The smallest absolute Gasteiger partial charge is 0.322 e. The lowest BCUT2D eigenvalue weighted by Gasteiger charge is -2.12. The molecule has 0 fully saturated rings. The van der Waals surface area contributed by atoms with Gasteiger partial charge in [0, 0.05) is 10.8 Å². The van der Waals surface area contributed by atoms with Crippen LogP contribution in [-0.4, -0.2) is 31.4 Å². The van der Waals surface area contributed by atoms with E-state index in [4.69, 9.17) is 9.40 Å². The normalized spacial score (nSPS) is 13.7. The first-order valence-corrected chi connectivity index (χ1v) is 13.2. The summed E-state index contributed by atoms with van der Waals surface area (Å²) >= 11 is 2.83. The van der Waals surface area contributed by atoms with Crippen LogP contribution in [0.4, 0.5) is 6.01 Å². The van der Waals surface area contributed by atoms with Gasteiger partial charge in [-0.3, -0.25) is 19.5 Å². The van der Waals surface area contributed by atoms with E-state index in [9.17, 15) is 9.59 Å². The number of fused-ring (bicyclic) bond motifs is 3. The van der Waals surface area contributed by atoms with Crippen LogP contribution in [0.25, 0.3) is 15.9 Å². The van der Waals surface area contributed by atoms with Crippen molar-refractivity contribution in [2.24, 2.45) is 0 Å². The molecule has 0 spiro atoms. The molecule has 10 heteroatoms. The molecular weight excluding hydrogens is 470 g/mol.